The molecule has 6 aromatic carbocycles. The van der Waals surface area contributed by atoms with Crippen LogP contribution in [0.1, 0.15) is 11.3 Å². The SMILES string of the molecule is c1ccc(-n2c3ccccc3c3cc(-c4ccc5c(c4)c4ccccc4n5-c4cnc5c(n4)Cc4ccccc4-5)ccc32)cc1. The first-order valence-corrected chi connectivity index (χ1v) is 15.4. The average molecular weight is 575 g/mol. The summed E-state index contributed by atoms with van der Waals surface area (Å²) in [4.78, 5) is 10.1. The van der Waals surface area contributed by atoms with E-state index in [0.717, 1.165) is 34.7 Å². The lowest BCUT2D eigenvalue weighted by Gasteiger charge is -2.09. The zero-order valence-electron chi connectivity index (χ0n) is 24.4. The maximum Gasteiger partial charge on any atom is 0.156 e. The third-order valence-electron chi connectivity index (χ3n) is 9.38. The summed E-state index contributed by atoms with van der Waals surface area (Å²) in [5.74, 6) is 0.857. The molecule has 3 heterocycles. The summed E-state index contributed by atoms with van der Waals surface area (Å²) in [5.41, 5.74) is 12.8. The lowest BCUT2D eigenvalue weighted by molar-refractivity contribution is 0.995. The van der Waals surface area contributed by atoms with Crippen LogP contribution in [0.2, 0.25) is 0 Å². The fourth-order valence-electron chi connectivity index (χ4n) is 7.37. The Bertz CT molecular complexity index is 2620. The summed E-state index contributed by atoms with van der Waals surface area (Å²) in [6, 6.07) is 50.1. The van der Waals surface area contributed by atoms with E-state index in [9.17, 15) is 0 Å². The van der Waals surface area contributed by atoms with Crippen molar-refractivity contribution >= 4 is 43.6 Å². The predicted octanol–water partition coefficient (Wildman–Crippen LogP) is 9.91. The van der Waals surface area contributed by atoms with Crippen LogP contribution in [0.5, 0.6) is 0 Å². The molecule has 0 saturated heterocycles. The first-order chi connectivity index (χ1) is 22.3. The second-order valence-corrected chi connectivity index (χ2v) is 11.9. The smallest absolute Gasteiger partial charge is 0.156 e. The monoisotopic (exact) mass is 574 g/mol. The molecular weight excluding hydrogens is 548 g/mol. The molecule has 1 aliphatic carbocycles. The molecule has 4 heteroatoms. The number of hydrogen-bond donors (Lipinski definition) is 0. The molecule has 0 bridgehead atoms. The van der Waals surface area contributed by atoms with E-state index in [1.807, 2.05) is 6.20 Å². The Balaban J connectivity index is 1.14. The van der Waals surface area contributed by atoms with E-state index in [0.29, 0.717) is 0 Å². The summed E-state index contributed by atoms with van der Waals surface area (Å²) in [6.07, 6.45) is 2.74. The van der Waals surface area contributed by atoms with Gasteiger partial charge in [0.2, 0.25) is 0 Å². The highest BCUT2D eigenvalue weighted by Gasteiger charge is 2.23. The minimum absolute atomic E-state index is 0.816. The Labute approximate surface area is 259 Å². The van der Waals surface area contributed by atoms with E-state index >= 15 is 0 Å². The molecular formula is C41H26N4. The third-order valence-corrected chi connectivity index (χ3v) is 9.38. The standard InChI is InChI=1S/C41H26N4/c1-2-11-29(12-3-1)44-36-16-8-6-14-31(36)33-22-26(18-20-38(33)44)27-19-21-39-34(23-27)32-15-7-9-17-37(32)45(39)40-25-42-41-30-13-5-4-10-28(30)24-35(41)43-40/h1-23,25H,24H2. The van der Waals surface area contributed by atoms with Crippen molar-refractivity contribution in [3.05, 3.63) is 157 Å². The van der Waals surface area contributed by atoms with Crippen molar-refractivity contribution in [3.8, 4) is 33.9 Å². The van der Waals surface area contributed by atoms with Gasteiger partial charge in [0.15, 0.2) is 5.82 Å². The van der Waals surface area contributed by atoms with Crippen LogP contribution in [0.25, 0.3) is 77.5 Å². The molecule has 0 saturated carbocycles. The Kier molecular flexibility index (Phi) is 5.02. The largest absolute Gasteiger partial charge is 0.309 e. The molecule has 10 rings (SSSR count). The summed E-state index contributed by atoms with van der Waals surface area (Å²) in [5, 5.41) is 4.93. The van der Waals surface area contributed by atoms with E-state index in [4.69, 9.17) is 9.97 Å². The van der Waals surface area contributed by atoms with Gasteiger partial charge in [-0.3, -0.25) is 9.55 Å². The van der Waals surface area contributed by atoms with Crippen molar-refractivity contribution in [2.24, 2.45) is 0 Å². The zero-order chi connectivity index (χ0) is 29.5. The zero-order valence-corrected chi connectivity index (χ0v) is 24.4. The van der Waals surface area contributed by atoms with E-state index in [1.165, 1.54) is 60.5 Å². The molecule has 0 aliphatic heterocycles. The number of fused-ring (bicyclic) bond motifs is 9. The Morgan fingerprint density at radius 2 is 1.07 bits per heavy atom. The summed E-state index contributed by atoms with van der Waals surface area (Å²) in [6.45, 7) is 0. The van der Waals surface area contributed by atoms with Crippen LogP contribution in [0.15, 0.2) is 146 Å². The molecule has 45 heavy (non-hydrogen) atoms. The van der Waals surface area contributed by atoms with Gasteiger partial charge in [-0.1, -0.05) is 91.0 Å². The van der Waals surface area contributed by atoms with Gasteiger partial charge in [-0.2, -0.15) is 0 Å². The summed E-state index contributed by atoms with van der Waals surface area (Å²) < 4.78 is 4.63. The molecule has 0 N–H and O–H groups in total. The molecule has 3 aromatic heterocycles. The molecule has 0 spiro atoms. The first kappa shape index (κ1) is 24.4. The van der Waals surface area contributed by atoms with Crippen molar-refractivity contribution < 1.29 is 0 Å². The number of rotatable bonds is 3. The lowest BCUT2D eigenvalue weighted by Crippen LogP contribution is -2.01. The van der Waals surface area contributed by atoms with E-state index < -0.39 is 0 Å². The van der Waals surface area contributed by atoms with Gasteiger partial charge in [-0.25, -0.2) is 4.98 Å². The topological polar surface area (TPSA) is 35.6 Å². The van der Waals surface area contributed by atoms with Gasteiger partial charge in [-0.05, 0) is 65.2 Å². The summed E-state index contributed by atoms with van der Waals surface area (Å²) in [7, 11) is 0. The number of benzene rings is 6. The number of aromatic nitrogens is 4. The number of hydrogen-bond acceptors (Lipinski definition) is 2. The fourth-order valence-corrected chi connectivity index (χ4v) is 7.37. The van der Waals surface area contributed by atoms with Gasteiger partial charge in [0, 0.05) is 39.2 Å². The van der Waals surface area contributed by atoms with Gasteiger partial charge in [0.05, 0.1) is 39.7 Å². The number of nitrogens with zero attached hydrogens (tertiary/aromatic N) is 4. The van der Waals surface area contributed by atoms with Crippen molar-refractivity contribution in [2.45, 2.75) is 6.42 Å². The molecule has 0 radical (unpaired) electrons. The van der Waals surface area contributed by atoms with Crippen LogP contribution >= 0.6 is 0 Å². The highest BCUT2D eigenvalue weighted by atomic mass is 15.1. The second kappa shape index (κ2) is 9.25. The van der Waals surface area contributed by atoms with Crippen molar-refractivity contribution in [3.63, 3.8) is 0 Å². The van der Waals surface area contributed by atoms with Crippen LogP contribution in [0.3, 0.4) is 0 Å². The minimum Gasteiger partial charge on any atom is -0.309 e. The minimum atomic E-state index is 0.816. The third kappa shape index (κ3) is 3.54. The molecule has 0 atom stereocenters. The van der Waals surface area contributed by atoms with Crippen LogP contribution in [-0.4, -0.2) is 19.1 Å². The molecule has 0 unspecified atom stereocenters. The van der Waals surface area contributed by atoms with Crippen LogP contribution in [0, 0.1) is 0 Å². The highest BCUT2D eigenvalue weighted by Crippen LogP contribution is 2.39. The normalized spacial score (nSPS) is 12.4. The van der Waals surface area contributed by atoms with Crippen molar-refractivity contribution in [1.82, 2.24) is 19.1 Å². The van der Waals surface area contributed by atoms with Crippen LogP contribution < -0.4 is 0 Å². The van der Waals surface area contributed by atoms with Crippen molar-refractivity contribution in [1.29, 1.82) is 0 Å². The van der Waals surface area contributed by atoms with E-state index in [-0.39, 0.29) is 0 Å². The maximum absolute atomic E-state index is 5.18. The van der Waals surface area contributed by atoms with E-state index in [2.05, 4.69) is 149 Å². The van der Waals surface area contributed by atoms with Crippen LogP contribution in [0.4, 0.5) is 0 Å². The van der Waals surface area contributed by atoms with Gasteiger partial charge in [0.1, 0.15) is 0 Å². The Hall–Kier alpha value is -6.00. The average Bonchev–Trinajstić information content (AvgIpc) is 3.75. The van der Waals surface area contributed by atoms with Crippen molar-refractivity contribution in [2.75, 3.05) is 0 Å². The molecule has 1 aliphatic rings. The first-order valence-electron chi connectivity index (χ1n) is 15.4. The molecule has 210 valence electrons. The quantitative estimate of drug-likeness (QED) is 0.211. The Morgan fingerprint density at radius 3 is 1.80 bits per heavy atom. The fraction of sp³-hybridized carbons (Fsp3) is 0.0244. The van der Waals surface area contributed by atoms with Gasteiger partial charge >= 0.3 is 0 Å². The van der Waals surface area contributed by atoms with Gasteiger partial charge in [0.25, 0.3) is 0 Å². The molecule has 4 nitrogen and oxygen atoms in total. The Morgan fingerprint density at radius 1 is 0.489 bits per heavy atom. The molecule has 0 fully saturated rings. The van der Waals surface area contributed by atoms with Crippen LogP contribution in [-0.2, 0) is 6.42 Å². The van der Waals surface area contributed by atoms with Gasteiger partial charge < -0.3 is 4.57 Å². The predicted molar refractivity (Wildman–Crippen MR) is 184 cm³/mol. The lowest BCUT2D eigenvalue weighted by atomic mass is 10.0. The maximum atomic E-state index is 5.18. The van der Waals surface area contributed by atoms with E-state index in [1.54, 1.807) is 0 Å². The highest BCUT2D eigenvalue weighted by molar-refractivity contribution is 6.12. The van der Waals surface area contributed by atoms with Gasteiger partial charge in [-0.15, -0.1) is 0 Å². The number of para-hydroxylation sites is 3. The molecule has 9 aromatic rings. The molecule has 0 amide bonds. The summed E-state index contributed by atoms with van der Waals surface area (Å²) >= 11 is 0. The second-order valence-electron chi connectivity index (χ2n) is 11.9.